The third kappa shape index (κ3) is 2.82. The molecule has 0 unspecified atom stereocenters. The van der Waals surface area contributed by atoms with Crippen LogP contribution in [0.4, 0.5) is 11.4 Å². The monoisotopic (exact) mass is 277 g/mol. The van der Waals surface area contributed by atoms with Crippen LogP contribution in [0.2, 0.25) is 0 Å². The van der Waals surface area contributed by atoms with Gasteiger partial charge >= 0.3 is 0 Å². The Morgan fingerprint density at radius 1 is 1.00 bits per heavy atom. The van der Waals surface area contributed by atoms with E-state index in [0.717, 1.165) is 29.6 Å². The number of aromatic nitrogens is 1. The number of hydrogen-bond donors (Lipinski definition) is 2. The number of aryl methyl sites for hydroxylation is 1. The van der Waals surface area contributed by atoms with E-state index in [-0.39, 0.29) is 0 Å². The van der Waals surface area contributed by atoms with Crippen molar-refractivity contribution in [1.82, 2.24) is 4.98 Å². The molecule has 0 spiro atoms. The van der Waals surface area contributed by atoms with Crippen LogP contribution >= 0.6 is 0 Å². The van der Waals surface area contributed by atoms with E-state index in [4.69, 9.17) is 5.73 Å². The third-order valence-electron chi connectivity index (χ3n) is 3.71. The van der Waals surface area contributed by atoms with Crippen molar-refractivity contribution in [2.75, 3.05) is 11.1 Å². The normalized spacial score (nSPS) is 10.7. The van der Waals surface area contributed by atoms with Crippen molar-refractivity contribution < 1.29 is 0 Å². The molecule has 2 aromatic carbocycles. The Morgan fingerprint density at radius 2 is 1.71 bits per heavy atom. The van der Waals surface area contributed by atoms with Gasteiger partial charge in [-0.2, -0.15) is 0 Å². The standard InChI is InChI=1S/C18H19N3/c1-2-13-7-9-14(10-8-13)11-21-18-15-5-3-4-6-17(15)20-12-16(18)19/h3-10,12H,2,11,19H2,1H3,(H,20,21). The molecule has 0 aliphatic rings. The lowest BCUT2D eigenvalue weighted by atomic mass is 10.1. The number of nitrogens with one attached hydrogen (secondary N) is 1. The molecule has 106 valence electrons. The molecule has 0 saturated carbocycles. The number of para-hydroxylation sites is 1. The minimum absolute atomic E-state index is 0.680. The van der Waals surface area contributed by atoms with Crippen LogP contribution in [0.25, 0.3) is 10.9 Å². The average molecular weight is 277 g/mol. The van der Waals surface area contributed by atoms with Crippen molar-refractivity contribution >= 4 is 22.3 Å². The molecule has 0 radical (unpaired) electrons. The van der Waals surface area contributed by atoms with Crippen LogP contribution in [0.3, 0.4) is 0 Å². The van der Waals surface area contributed by atoms with Crippen LogP contribution in [-0.2, 0) is 13.0 Å². The van der Waals surface area contributed by atoms with E-state index in [1.54, 1.807) is 6.20 Å². The summed E-state index contributed by atoms with van der Waals surface area (Å²) in [4.78, 5) is 4.35. The summed E-state index contributed by atoms with van der Waals surface area (Å²) in [7, 11) is 0. The zero-order valence-electron chi connectivity index (χ0n) is 12.1. The van der Waals surface area contributed by atoms with Gasteiger partial charge in [0.15, 0.2) is 0 Å². The molecule has 3 aromatic rings. The summed E-state index contributed by atoms with van der Waals surface area (Å²) in [6.07, 6.45) is 2.78. The summed E-state index contributed by atoms with van der Waals surface area (Å²) in [6.45, 7) is 2.92. The number of fused-ring (bicyclic) bond motifs is 1. The van der Waals surface area contributed by atoms with Crippen molar-refractivity contribution in [3.63, 3.8) is 0 Å². The summed E-state index contributed by atoms with van der Waals surface area (Å²) in [5.41, 5.74) is 11.3. The van der Waals surface area contributed by atoms with Gasteiger partial charge in [-0.25, -0.2) is 0 Å². The predicted molar refractivity (Wildman–Crippen MR) is 89.3 cm³/mol. The fourth-order valence-corrected chi connectivity index (χ4v) is 2.44. The maximum absolute atomic E-state index is 6.07. The molecule has 0 bridgehead atoms. The summed E-state index contributed by atoms with van der Waals surface area (Å²) in [5.74, 6) is 0. The molecule has 0 aliphatic heterocycles. The van der Waals surface area contributed by atoms with E-state index >= 15 is 0 Å². The molecule has 1 aromatic heterocycles. The first kappa shape index (κ1) is 13.4. The van der Waals surface area contributed by atoms with E-state index in [9.17, 15) is 0 Å². The Bertz CT molecular complexity index is 748. The Balaban J connectivity index is 1.85. The SMILES string of the molecule is CCc1ccc(CNc2c(N)cnc3ccccc23)cc1. The number of benzene rings is 2. The maximum Gasteiger partial charge on any atom is 0.0743 e. The highest BCUT2D eigenvalue weighted by molar-refractivity contribution is 5.96. The Labute approximate surface area is 124 Å². The van der Waals surface area contributed by atoms with Gasteiger partial charge in [0.25, 0.3) is 0 Å². The van der Waals surface area contributed by atoms with Gasteiger partial charge in [0, 0.05) is 11.9 Å². The lowest BCUT2D eigenvalue weighted by Crippen LogP contribution is -2.04. The third-order valence-corrected chi connectivity index (χ3v) is 3.71. The van der Waals surface area contributed by atoms with Crippen molar-refractivity contribution in [1.29, 1.82) is 0 Å². The Hall–Kier alpha value is -2.55. The lowest BCUT2D eigenvalue weighted by Gasteiger charge is -2.12. The van der Waals surface area contributed by atoms with Crippen molar-refractivity contribution in [3.05, 3.63) is 65.9 Å². The minimum Gasteiger partial charge on any atom is -0.396 e. The summed E-state index contributed by atoms with van der Waals surface area (Å²) in [6, 6.07) is 16.7. The second kappa shape index (κ2) is 5.83. The van der Waals surface area contributed by atoms with Crippen molar-refractivity contribution in [2.24, 2.45) is 0 Å². The number of nitrogens with two attached hydrogens (primary N) is 1. The van der Waals surface area contributed by atoms with E-state index in [0.29, 0.717) is 5.69 Å². The Kier molecular flexibility index (Phi) is 3.73. The fourth-order valence-electron chi connectivity index (χ4n) is 2.44. The van der Waals surface area contributed by atoms with E-state index in [2.05, 4.69) is 41.5 Å². The molecule has 0 saturated heterocycles. The van der Waals surface area contributed by atoms with Gasteiger partial charge < -0.3 is 11.1 Å². The highest BCUT2D eigenvalue weighted by atomic mass is 14.9. The molecular formula is C18H19N3. The lowest BCUT2D eigenvalue weighted by molar-refractivity contribution is 1.11. The molecule has 0 fully saturated rings. The molecule has 1 heterocycles. The molecule has 21 heavy (non-hydrogen) atoms. The second-order valence-corrected chi connectivity index (χ2v) is 5.13. The first-order valence-corrected chi connectivity index (χ1v) is 7.23. The molecule has 3 rings (SSSR count). The zero-order valence-corrected chi connectivity index (χ0v) is 12.1. The highest BCUT2D eigenvalue weighted by Crippen LogP contribution is 2.27. The second-order valence-electron chi connectivity index (χ2n) is 5.13. The average Bonchev–Trinajstić information content (AvgIpc) is 2.54. The van der Waals surface area contributed by atoms with E-state index in [1.165, 1.54) is 11.1 Å². The van der Waals surface area contributed by atoms with Crippen LogP contribution in [0, 0.1) is 0 Å². The van der Waals surface area contributed by atoms with Crippen LogP contribution in [0.5, 0.6) is 0 Å². The smallest absolute Gasteiger partial charge is 0.0743 e. The molecule has 0 aliphatic carbocycles. The summed E-state index contributed by atoms with van der Waals surface area (Å²) >= 11 is 0. The van der Waals surface area contributed by atoms with E-state index in [1.807, 2.05) is 24.3 Å². The number of nitrogen functional groups attached to an aromatic ring is 1. The van der Waals surface area contributed by atoms with E-state index < -0.39 is 0 Å². The first-order valence-electron chi connectivity index (χ1n) is 7.23. The Morgan fingerprint density at radius 3 is 2.48 bits per heavy atom. The van der Waals surface area contributed by atoms with Crippen LogP contribution in [-0.4, -0.2) is 4.98 Å². The van der Waals surface area contributed by atoms with Gasteiger partial charge in [0.05, 0.1) is 23.1 Å². The molecule has 3 heteroatoms. The van der Waals surface area contributed by atoms with Crippen LogP contribution < -0.4 is 11.1 Å². The fraction of sp³-hybridized carbons (Fsp3) is 0.167. The number of nitrogens with zero attached hydrogens (tertiary/aromatic N) is 1. The number of rotatable bonds is 4. The van der Waals surface area contributed by atoms with Gasteiger partial charge in [-0.15, -0.1) is 0 Å². The van der Waals surface area contributed by atoms with Crippen LogP contribution in [0.15, 0.2) is 54.7 Å². The summed E-state index contributed by atoms with van der Waals surface area (Å²) in [5, 5.41) is 4.50. The molecule has 3 N–H and O–H groups in total. The zero-order chi connectivity index (χ0) is 14.7. The minimum atomic E-state index is 0.680. The molecule has 3 nitrogen and oxygen atoms in total. The van der Waals surface area contributed by atoms with Gasteiger partial charge in [0.1, 0.15) is 0 Å². The quantitative estimate of drug-likeness (QED) is 0.758. The van der Waals surface area contributed by atoms with Crippen molar-refractivity contribution in [2.45, 2.75) is 19.9 Å². The number of hydrogen-bond acceptors (Lipinski definition) is 3. The molecule has 0 atom stereocenters. The molecule has 0 amide bonds. The van der Waals surface area contributed by atoms with Gasteiger partial charge in [0.2, 0.25) is 0 Å². The first-order chi connectivity index (χ1) is 10.3. The van der Waals surface area contributed by atoms with Gasteiger partial charge in [-0.1, -0.05) is 49.4 Å². The van der Waals surface area contributed by atoms with Gasteiger partial charge in [-0.3, -0.25) is 4.98 Å². The topological polar surface area (TPSA) is 50.9 Å². The van der Waals surface area contributed by atoms with Crippen molar-refractivity contribution in [3.8, 4) is 0 Å². The predicted octanol–water partition coefficient (Wildman–Crippen LogP) is 3.99. The summed E-state index contributed by atoms with van der Waals surface area (Å²) < 4.78 is 0. The number of pyridine rings is 1. The molecular weight excluding hydrogens is 258 g/mol. The highest BCUT2D eigenvalue weighted by Gasteiger charge is 2.05. The van der Waals surface area contributed by atoms with Gasteiger partial charge in [-0.05, 0) is 23.6 Å². The largest absolute Gasteiger partial charge is 0.396 e. The van der Waals surface area contributed by atoms with Crippen LogP contribution in [0.1, 0.15) is 18.1 Å². The number of anilines is 2. The maximum atomic E-state index is 6.07.